The van der Waals surface area contributed by atoms with Crippen LogP contribution in [-0.4, -0.2) is 18.6 Å². The summed E-state index contributed by atoms with van der Waals surface area (Å²) in [6.45, 7) is 3.09. The third-order valence-corrected chi connectivity index (χ3v) is 3.10. The van der Waals surface area contributed by atoms with Gasteiger partial charge in [0.2, 0.25) is 0 Å². The largest absolute Gasteiger partial charge is 0.490 e. The highest BCUT2D eigenvalue weighted by Gasteiger charge is 2.12. The normalized spacial score (nSPS) is 10.4. The molecule has 0 spiro atoms. The van der Waals surface area contributed by atoms with E-state index in [0.29, 0.717) is 18.8 Å². The molecule has 0 saturated carbocycles. The van der Waals surface area contributed by atoms with Crippen LogP contribution in [0.1, 0.15) is 18.9 Å². The van der Waals surface area contributed by atoms with Crippen molar-refractivity contribution < 1.29 is 9.13 Å². The molecule has 1 heterocycles. The zero-order chi connectivity index (χ0) is 15.2. The highest BCUT2D eigenvalue weighted by atomic mass is 19.1. The summed E-state index contributed by atoms with van der Waals surface area (Å²) in [5, 5.41) is 0. The van der Waals surface area contributed by atoms with Gasteiger partial charge in [-0.3, -0.25) is 4.98 Å². The van der Waals surface area contributed by atoms with Crippen LogP contribution in [0.15, 0.2) is 36.7 Å². The van der Waals surface area contributed by atoms with Crippen molar-refractivity contribution in [3.05, 3.63) is 48.0 Å². The smallest absolute Gasteiger partial charge is 0.167 e. The Morgan fingerprint density at radius 3 is 2.86 bits per heavy atom. The fraction of sp³-hybridized carbons (Fsp3) is 0.312. The zero-order valence-corrected chi connectivity index (χ0v) is 12.3. The highest BCUT2D eigenvalue weighted by Crippen LogP contribution is 2.31. The Morgan fingerprint density at radius 1 is 1.38 bits per heavy atom. The maximum Gasteiger partial charge on any atom is 0.167 e. The van der Waals surface area contributed by atoms with Crippen LogP contribution in [0.3, 0.4) is 0 Å². The summed E-state index contributed by atoms with van der Waals surface area (Å²) in [6, 6.07) is 6.82. The van der Waals surface area contributed by atoms with Crippen LogP contribution in [0.4, 0.5) is 15.8 Å². The molecule has 2 N–H and O–H groups in total. The number of nitrogens with two attached hydrogens (primary N) is 1. The molecule has 2 aromatic rings. The maximum absolute atomic E-state index is 13.8. The van der Waals surface area contributed by atoms with E-state index in [9.17, 15) is 4.39 Å². The van der Waals surface area contributed by atoms with E-state index in [0.717, 1.165) is 17.7 Å². The van der Waals surface area contributed by atoms with Gasteiger partial charge in [0.15, 0.2) is 11.6 Å². The van der Waals surface area contributed by atoms with Gasteiger partial charge in [0.1, 0.15) is 0 Å². The van der Waals surface area contributed by atoms with Gasteiger partial charge >= 0.3 is 0 Å². The fourth-order valence-electron chi connectivity index (χ4n) is 2.06. The Balaban J connectivity index is 2.21. The van der Waals surface area contributed by atoms with Gasteiger partial charge in [0.25, 0.3) is 0 Å². The molecule has 0 fully saturated rings. The second-order valence-electron chi connectivity index (χ2n) is 4.91. The van der Waals surface area contributed by atoms with Crippen molar-refractivity contribution in [2.24, 2.45) is 0 Å². The Kier molecular flexibility index (Phi) is 4.98. The first-order valence-electron chi connectivity index (χ1n) is 6.93. The summed E-state index contributed by atoms with van der Waals surface area (Å²) >= 11 is 0. The molecule has 0 bridgehead atoms. The molecule has 0 saturated heterocycles. The van der Waals surface area contributed by atoms with Crippen LogP contribution < -0.4 is 15.4 Å². The number of ether oxygens (including phenoxy) is 1. The SMILES string of the molecule is CCCOc1cc(N(C)Cc2cccnc2)c(N)cc1F. The van der Waals surface area contributed by atoms with Gasteiger partial charge in [-0.15, -0.1) is 0 Å². The predicted octanol–water partition coefficient (Wildman–Crippen LogP) is 3.23. The molecule has 0 atom stereocenters. The molecular weight excluding hydrogens is 269 g/mol. The fourth-order valence-corrected chi connectivity index (χ4v) is 2.06. The molecule has 0 aliphatic carbocycles. The van der Waals surface area contributed by atoms with E-state index in [4.69, 9.17) is 10.5 Å². The Morgan fingerprint density at radius 2 is 2.19 bits per heavy atom. The third kappa shape index (κ3) is 3.84. The monoisotopic (exact) mass is 289 g/mol. The van der Waals surface area contributed by atoms with Crippen molar-refractivity contribution in [3.63, 3.8) is 0 Å². The van der Waals surface area contributed by atoms with E-state index < -0.39 is 5.82 Å². The van der Waals surface area contributed by atoms with E-state index in [1.54, 1.807) is 18.5 Å². The second kappa shape index (κ2) is 6.92. The maximum atomic E-state index is 13.8. The van der Waals surface area contributed by atoms with Gasteiger partial charge in [-0.1, -0.05) is 13.0 Å². The molecule has 0 amide bonds. The van der Waals surface area contributed by atoms with Gasteiger partial charge in [0.05, 0.1) is 18.0 Å². The lowest BCUT2D eigenvalue weighted by atomic mass is 10.2. The van der Waals surface area contributed by atoms with Crippen molar-refractivity contribution in [2.45, 2.75) is 19.9 Å². The van der Waals surface area contributed by atoms with Crippen LogP contribution in [0, 0.1) is 5.82 Å². The first kappa shape index (κ1) is 15.1. The molecule has 4 nitrogen and oxygen atoms in total. The number of hydrogen-bond donors (Lipinski definition) is 1. The predicted molar refractivity (Wildman–Crippen MR) is 82.9 cm³/mol. The molecule has 1 aromatic carbocycles. The first-order valence-corrected chi connectivity index (χ1v) is 6.93. The lowest BCUT2D eigenvalue weighted by Gasteiger charge is -2.22. The summed E-state index contributed by atoms with van der Waals surface area (Å²) in [5.41, 5.74) is 8.11. The molecular formula is C16H20FN3O. The van der Waals surface area contributed by atoms with Crippen LogP contribution in [0.5, 0.6) is 5.75 Å². The number of nitrogen functional groups attached to an aromatic ring is 1. The third-order valence-electron chi connectivity index (χ3n) is 3.10. The quantitative estimate of drug-likeness (QED) is 0.830. The average Bonchev–Trinajstić information content (AvgIpc) is 2.47. The standard InChI is InChI=1S/C16H20FN3O/c1-3-7-21-16-9-15(14(18)8-13(16)17)20(2)11-12-5-4-6-19-10-12/h4-6,8-10H,3,7,11,18H2,1-2H3. The molecule has 0 aliphatic heterocycles. The van der Waals surface area contributed by atoms with Crippen molar-refractivity contribution in [1.82, 2.24) is 4.98 Å². The number of nitrogens with zero attached hydrogens (tertiary/aromatic N) is 2. The summed E-state index contributed by atoms with van der Waals surface area (Å²) in [7, 11) is 1.90. The number of rotatable bonds is 6. The number of hydrogen-bond acceptors (Lipinski definition) is 4. The lowest BCUT2D eigenvalue weighted by Crippen LogP contribution is -2.18. The van der Waals surface area contributed by atoms with E-state index in [2.05, 4.69) is 4.98 Å². The minimum absolute atomic E-state index is 0.235. The number of pyridine rings is 1. The van der Waals surface area contributed by atoms with Gasteiger partial charge in [-0.05, 0) is 18.1 Å². The van der Waals surface area contributed by atoms with Crippen LogP contribution >= 0.6 is 0 Å². The molecule has 112 valence electrons. The Labute approximate surface area is 124 Å². The molecule has 2 rings (SSSR count). The topological polar surface area (TPSA) is 51.4 Å². The van der Waals surface area contributed by atoms with E-state index in [-0.39, 0.29) is 5.75 Å². The van der Waals surface area contributed by atoms with Crippen molar-refractivity contribution in [1.29, 1.82) is 0 Å². The van der Waals surface area contributed by atoms with Gasteiger partial charge in [-0.25, -0.2) is 4.39 Å². The van der Waals surface area contributed by atoms with Gasteiger partial charge in [0, 0.05) is 38.1 Å². The lowest BCUT2D eigenvalue weighted by molar-refractivity contribution is 0.301. The van der Waals surface area contributed by atoms with Crippen LogP contribution in [0.2, 0.25) is 0 Å². The molecule has 1 aromatic heterocycles. The number of anilines is 2. The Bertz CT molecular complexity index is 590. The van der Waals surface area contributed by atoms with Crippen molar-refractivity contribution >= 4 is 11.4 Å². The van der Waals surface area contributed by atoms with E-state index in [1.165, 1.54) is 6.07 Å². The second-order valence-corrected chi connectivity index (χ2v) is 4.91. The molecule has 0 radical (unpaired) electrons. The zero-order valence-electron chi connectivity index (χ0n) is 12.3. The van der Waals surface area contributed by atoms with Crippen LogP contribution in [0.25, 0.3) is 0 Å². The summed E-state index contributed by atoms with van der Waals surface area (Å²) < 4.78 is 19.2. The molecule has 0 unspecified atom stereocenters. The summed E-state index contributed by atoms with van der Waals surface area (Å²) in [5.74, 6) is -0.196. The molecule has 21 heavy (non-hydrogen) atoms. The number of aromatic nitrogens is 1. The van der Waals surface area contributed by atoms with Crippen molar-refractivity contribution in [2.75, 3.05) is 24.3 Å². The highest BCUT2D eigenvalue weighted by molar-refractivity contribution is 5.69. The van der Waals surface area contributed by atoms with Gasteiger partial charge < -0.3 is 15.4 Å². The molecule has 0 aliphatic rings. The minimum atomic E-state index is -0.431. The van der Waals surface area contributed by atoms with Gasteiger partial charge in [-0.2, -0.15) is 0 Å². The summed E-state index contributed by atoms with van der Waals surface area (Å²) in [6.07, 6.45) is 4.35. The number of halogens is 1. The van der Waals surface area contributed by atoms with Crippen LogP contribution in [-0.2, 0) is 6.54 Å². The first-order chi connectivity index (χ1) is 10.1. The van der Waals surface area contributed by atoms with E-state index >= 15 is 0 Å². The summed E-state index contributed by atoms with van der Waals surface area (Å²) in [4.78, 5) is 6.03. The number of benzene rings is 1. The Hall–Kier alpha value is -2.30. The molecule has 5 heteroatoms. The van der Waals surface area contributed by atoms with Crippen molar-refractivity contribution in [3.8, 4) is 5.75 Å². The minimum Gasteiger partial charge on any atom is -0.490 e. The average molecular weight is 289 g/mol. The van der Waals surface area contributed by atoms with E-state index in [1.807, 2.05) is 31.0 Å².